The second-order valence-electron chi connectivity index (χ2n) is 8.10. The van der Waals surface area contributed by atoms with Crippen LogP contribution in [0.15, 0.2) is 54.6 Å². The van der Waals surface area contributed by atoms with Crippen molar-refractivity contribution in [3.8, 4) is 17.2 Å². The first kappa shape index (κ1) is 38.2. The van der Waals surface area contributed by atoms with E-state index in [9.17, 15) is 14.4 Å². The second-order valence-corrected chi connectivity index (χ2v) is 10.6. The molecule has 3 rings (SSSR count). The van der Waals surface area contributed by atoms with E-state index >= 15 is 0 Å². The number of ether oxygens (including phenoxy) is 3. The van der Waals surface area contributed by atoms with Crippen LogP contribution in [0.5, 0.6) is 17.2 Å². The van der Waals surface area contributed by atoms with Crippen molar-refractivity contribution < 1.29 is 43.9 Å². The van der Waals surface area contributed by atoms with Gasteiger partial charge in [-0.1, -0.05) is 69.6 Å². The fraction of sp³-hybridized carbons (Fsp3) is 0.250. The molecule has 0 bridgehead atoms. The maximum atomic E-state index is 10.2. The number of carbonyl (C=O) groups is 3. The third-order valence-corrected chi connectivity index (χ3v) is 6.21. The van der Waals surface area contributed by atoms with Crippen LogP contribution in [-0.4, -0.2) is 53.0 Å². The molecule has 0 radical (unpaired) electrons. The van der Waals surface area contributed by atoms with Crippen LogP contribution < -0.4 is 14.2 Å². The minimum Gasteiger partial charge on any atom is -0.492 e. The lowest BCUT2D eigenvalue weighted by Crippen LogP contribution is -2.09. The van der Waals surface area contributed by atoms with Gasteiger partial charge in [-0.05, 0) is 67.4 Å². The van der Waals surface area contributed by atoms with E-state index in [1.165, 1.54) is 12.1 Å². The van der Waals surface area contributed by atoms with Crippen LogP contribution in [0.3, 0.4) is 0 Å². The number of benzene rings is 3. The lowest BCUT2D eigenvalue weighted by atomic mass is 10.3. The fourth-order valence-corrected chi connectivity index (χ4v) is 4.12. The highest BCUT2D eigenvalue weighted by molar-refractivity contribution is 6.36. The van der Waals surface area contributed by atoms with Crippen molar-refractivity contribution in [2.75, 3.05) is 19.8 Å². The summed E-state index contributed by atoms with van der Waals surface area (Å²) >= 11 is 34.4. The van der Waals surface area contributed by atoms with Crippen LogP contribution in [-0.2, 0) is 14.4 Å². The van der Waals surface area contributed by atoms with Gasteiger partial charge in [0.15, 0.2) is 6.61 Å². The van der Waals surface area contributed by atoms with Crippen molar-refractivity contribution in [1.82, 2.24) is 0 Å². The van der Waals surface area contributed by atoms with E-state index in [1.54, 1.807) is 42.5 Å². The first-order valence-electron chi connectivity index (χ1n) is 12.2. The number of carboxylic acids is 3. The molecule has 0 saturated heterocycles. The molecule has 3 aromatic carbocycles. The SMILES string of the molecule is O=C(O)CCCOc1ccc(Cl)cc1Cl.O=C(O)CCCOc1ccc(Cl)cc1Cl.O=C(O)COc1ccc(Cl)cc1Cl. The Kier molecular flexibility index (Phi) is 18.7. The van der Waals surface area contributed by atoms with Gasteiger partial charge in [0.1, 0.15) is 17.2 Å². The average molecular weight is 719 g/mol. The van der Waals surface area contributed by atoms with Crippen molar-refractivity contribution in [2.24, 2.45) is 0 Å². The molecule has 0 aliphatic carbocycles. The smallest absolute Gasteiger partial charge is 0.341 e. The largest absolute Gasteiger partial charge is 0.492 e. The quantitative estimate of drug-likeness (QED) is 0.148. The molecule has 3 N–H and O–H groups in total. The van der Waals surface area contributed by atoms with Gasteiger partial charge in [-0.15, -0.1) is 0 Å². The number of carboxylic acid groups (broad SMARTS) is 3. The van der Waals surface area contributed by atoms with Crippen LogP contribution in [0, 0.1) is 0 Å². The van der Waals surface area contributed by atoms with E-state index in [-0.39, 0.29) is 12.8 Å². The van der Waals surface area contributed by atoms with Crippen LogP contribution in [0.2, 0.25) is 30.1 Å². The first-order chi connectivity index (χ1) is 20.3. The Morgan fingerprint density at radius 3 is 1.12 bits per heavy atom. The molecule has 0 saturated carbocycles. The van der Waals surface area contributed by atoms with E-state index in [2.05, 4.69) is 0 Å². The Hall–Kier alpha value is -2.79. The van der Waals surface area contributed by atoms with Crippen molar-refractivity contribution >= 4 is 87.5 Å². The van der Waals surface area contributed by atoms with E-state index < -0.39 is 24.5 Å². The highest BCUT2D eigenvalue weighted by Crippen LogP contribution is 2.29. The first-order valence-corrected chi connectivity index (χ1v) is 14.4. The van der Waals surface area contributed by atoms with Crippen molar-refractivity contribution in [3.63, 3.8) is 0 Å². The van der Waals surface area contributed by atoms with Crippen molar-refractivity contribution in [1.29, 1.82) is 0 Å². The molecule has 0 spiro atoms. The summed E-state index contributed by atoms with van der Waals surface area (Å²) in [6.07, 6.45) is 1.08. The standard InChI is InChI=1S/2C10H10Cl2O3.C8H6Cl2O3/c2*11-7-3-4-9(8(12)6-7)15-5-1-2-10(13)14;9-5-1-2-7(6(10)3-5)13-4-8(11)12/h2*3-4,6H,1-2,5H2,(H,13,14);1-3H,4H2,(H,11,12). The number of hydrogen-bond donors (Lipinski definition) is 3. The number of rotatable bonds is 13. The lowest BCUT2D eigenvalue weighted by Gasteiger charge is -2.06. The molecule has 43 heavy (non-hydrogen) atoms. The third-order valence-electron chi connectivity index (χ3n) is 4.62. The molecule has 0 aromatic heterocycles. The molecule has 15 heteroatoms. The summed E-state index contributed by atoms with van der Waals surface area (Å²) in [7, 11) is 0. The minimum atomic E-state index is -1.05. The molecule has 234 valence electrons. The van der Waals surface area contributed by atoms with Crippen LogP contribution in [0.1, 0.15) is 25.7 Å². The Morgan fingerprint density at radius 1 is 0.512 bits per heavy atom. The van der Waals surface area contributed by atoms with Crippen LogP contribution >= 0.6 is 69.6 Å². The maximum Gasteiger partial charge on any atom is 0.341 e. The Labute approximate surface area is 277 Å². The van der Waals surface area contributed by atoms with Gasteiger partial charge in [0.2, 0.25) is 0 Å². The van der Waals surface area contributed by atoms with Gasteiger partial charge >= 0.3 is 17.9 Å². The Morgan fingerprint density at radius 2 is 0.837 bits per heavy atom. The average Bonchev–Trinajstić information content (AvgIpc) is 2.91. The summed E-state index contributed by atoms with van der Waals surface area (Å²) in [5.41, 5.74) is 0. The van der Waals surface area contributed by atoms with Crippen molar-refractivity contribution in [2.45, 2.75) is 25.7 Å². The number of halogens is 6. The zero-order valence-corrected chi connectivity index (χ0v) is 26.7. The Balaban J connectivity index is 0.000000324. The zero-order valence-electron chi connectivity index (χ0n) is 22.2. The molecule has 0 amide bonds. The van der Waals surface area contributed by atoms with E-state index in [1.807, 2.05) is 0 Å². The molecule has 0 heterocycles. The topological polar surface area (TPSA) is 140 Å². The molecular formula is C28H26Cl6O9. The molecule has 0 atom stereocenters. The number of aliphatic carboxylic acids is 3. The lowest BCUT2D eigenvalue weighted by molar-refractivity contribution is -0.139. The molecule has 0 aliphatic heterocycles. The molecule has 0 aliphatic rings. The summed E-state index contributed by atoms with van der Waals surface area (Å²) in [6.45, 7) is 0.239. The third kappa shape index (κ3) is 17.8. The summed E-state index contributed by atoms with van der Waals surface area (Å²) in [5, 5.41) is 27.8. The molecule has 9 nitrogen and oxygen atoms in total. The van der Waals surface area contributed by atoms with Gasteiger partial charge in [0.05, 0.1) is 28.3 Å². The van der Waals surface area contributed by atoms with Gasteiger partial charge in [0, 0.05) is 27.9 Å². The predicted octanol–water partition coefficient (Wildman–Crippen LogP) is 8.93. The van der Waals surface area contributed by atoms with Gasteiger partial charge < -0.3 is 29.5 Å². The summed E-state index contributed by atoms with van der Waals surface area (Å²) < 4.78 is 15.4. The summed E-state index contributed by atoms with van der Waals surface area (Å²) in [6, 6.07) is 14.4. The monoisotopic (exact) mass is 716 g/mol. The minimum absolute atomic E-state index is 0.0885. The molecule has 0 fully saturated rings. The highest BCUT2D eigenvalue weighted by atomic mass is 35.5. The van der Waals surface area contributed by atoms with Crippen LogP contribution in [0.25, 0.3) is 0 Å². The van der Waals surface area contributed by atoms with Gasteiger partial charge in [-0.3, -0.25) is 9.59 Å². The predicted molar refractivity (Wildman–Crippen MR) is 167 cm³/mol. The zero-order chi connectivity index (χ0) is 32.4. The van der Waals surface area contributed by atoms with E-state index in [0.29, 0.717) is 73.4 Å². The second kappa shape index (κ2) is 21.0. The normalized spacial score (nSPS) is 9.91. The fourth-order valence-electron chi connectivity index (χ4n) is 2.73. The van der Waals surface area contributed by atoms with Gasteiger partial charge in [-0.25, -0.2) is 4.79 Å². The summed E-state index contributed by atoms with van der Waals surface area (Å²) in [5.74, 6) is -1.36. The van der Waals surface area contributed by atoms with Gasteiger partial charge in [0.25, 0.3) is 0 Å². The highest BCUT2D eigenvalue weighted by Gasteiger charge is 2.05. The molecule has 0 unspecified atom stereocenters. The van der Waals surface area contributed by atoms with Crippen molar-refractivity contribution in [3.05, 3.63) is 84.7 Å². The van der Waals surface area contributed by atoms with Gasteiger partial charge in [-0.2, -0.15) is 0 Å². The maximum absolute atomic E-state index is 10.2. The number of hydrogen-bond acceptors (Lipinski definition) is 6. The summed E-state index contributed by atoms with van der Waals surface area (Å²) in [4.78, 5) is 30.6. The Bertz CT molecular complexity index is 1280. The molecule has 3 aromatic rings. The molecular weight excluding hydrogens is 693 g/mol. The van der Waals surface area contributed by atoms with E-state index in [0.717, 1.165) is 0 Å². The van der Waals surface area contributed by atoms with E-state index in [4.69, 9.17) is 99.1 Å². The van der Waals surface area contributed by atoms with Crippen LogP contribution in [0.4, 0.5) is 0 Å².